The van der Waals surface area contributed by atoms with Crippen LogP contribution in [0, 0.1) is 21.4 Å². The van der Waals surface area contributed by atoms with Gasteiger partial charge in [0.1, 0.15) is 28.9 Å². The highest BCUT2D eigenvalue weighted by molar-refractivity contribution is 7.90. The van der Waals surface area contributed by atoms with E-state index in [0.29, 0.717) is 67.9 Å². The number of β-amino-alcohol motifs (C(OH)–C–C–N with tert-alkyl or cyclic N) is 1. The third kappa shape index (κ3) is 10.4. The molecule has 4 atom stereocenters. The van der Waals surface area contributed by atoms with Gasteiger partial charge in [-0.2, -0.15) is 4.98 Å². The van der Waals surface area contributed by atoms with Gasteiger partial charge in [-0.05, 0) is 158 Å². The third-order valence-corrected chi connectivity index (χ3v) is 18.4. The first kappa shape index (κ1) is 51.1. The number of hydrogen-bond donors (Lipinski definition) is 5. The van der Waals surface area contributed by atoms with Crippen molar-refractivity contribution >= 4 is 55.4 Å². The van der Waals surface area contributed by atoms with Gasteiger partial charge in [-0.15, -0.1) is 0 Å². The number of rotatable bonds is 13. The van der Waals surface area contributed by atoms with Gasteiger partial charge >= 0.3 is 0 Å². The van der Waals surface area contributed by atoms with E-state index in [4.69, 9.17) is 19.2 Å². The number of piperidine rings is 2. The predicted octanol–water partition coefficient (Wildman–Crippen LogP) is 8.76. The summed E-state index contributed by atoms with van der Waals surface area (Å²) in [6, 6.07) is 21.5. The van der Waals surface area contributed by atoms with Crippen LogP contribution in [-0.4, -0.2) is 119 Å². The van der Waals surface area contributed by atoms with Crippen LogP contribution in [0.5, 0.6) is 11.6 Å². The van der Waals surface area contributed by atoms with Gasteiger partial charge in [0.05, 0.1) is 51.0 Å². The molecule has 5 aromatic rings. The fraction of sp³-hybridized carbons (Fsp3) is 0.536. The van der Waals surface area contributed by atoms with Crippen LogP contribution in [0.4, 0.5) is 28.4 Å². The number of para-hydroxylation sites is 1. The average molecular weight is 1050 g/mol. The monoisotopic (exact) mass is 1050 g/mol. The maximum absolute atomic E-state index is 14.8. The van der Waals surface area contributed by atoms with Crippen LogP contribution in [0.1, 0.15) is 120 Å². The van der Waals surface area contributed by atoms with Gasteiger partial charge in [-0.1, -0.05) is 18.2 Å². The summed E-state index contributed by atoms with van der Waals surface area (Å²) < 4.78 is 49.4. The van der Waals surface area contributed by atoms with Crippen molar-refractivity contribution < 1.29 is 42.6 Å². The molecule has 3 aromatic carbocycles. The first-order valence-corrected chi connectivity index (χ1v) is 28.3. The molecular formula is C56H70N8O10S. The molecule has 2 saturated carbocycles. The van der Waals surface area contributed by atoms with E-state index in [-0.39, 0.29) is 47.4 Å². The van der Waals surface area contributed by atoms with Gasteiger partial charge in [-0.25, -0.2) is 13.1 Å². The number of aromatic amines is 1. The van der Waals surface area contributed by atoms with Crippen LogP contribution in [-0.2, 0) is 14.8 Å². The van der Waals surface area contributed by atoms with Crippen LogP contribution in [0.15, 0.2) is 83.9 Å². The number of fused-ring (bicyclic) bond motifs is 3. The summed E-state index contributed by atoms with van der Waals surface area (Å²) in [5, 5.41) is 38.2. The summed E-state index contributed by atoms with van der Waals surface area (Å²) in [5.74, 6) is 0.553. The minimum Gasteiger partial charge on any atom is -0.491 e. The summed E-state index contributed by atoms with van der Waals surface area (Å²) in [6.45, 7) is 11.2. The lowest BCUT2D eigenvalue weighted by Gasteiger charge is -2.59. The van der Waals surface area contributed by atoms with Crippen molar-refractivity contribution in [1.82, 2.24) is 19.6 Å². The van der Waals surface area contributed by atoms with Crippen molar-refractivity contribution in [2.24, 2.45) is 11.3 Å². The molecule has 400 valence electrons. The van der Waals surface area contributed by atoms with E-state index in [1.165, 1.54) is 17.7 Å². The highest BCUT2D eigenvalue weighted by atomic mass is 32.2. The van der Waals surface area contributed by atoms with E-state index in [2.05, 4.69) is 47.9 Å². The zero-order valence-corrected chi connectivity index (χ0v) is 44.1. The number of pyridine rings is 1. The molecule has 11 rings (SSSR count). The Morgan fingerprint density at radius 3 is 2.47 bits per heavy atom. The number of likely N-dealkylation sites (tertiary alicyclic amines) is 1. The van der Waals surface area contributed by atoms with E-state index in [1.807, 2.05) is 58.0 Å². The average Bonchev–Trinajstić information content (AvgIpc) is 3.86. The van der Waals surface area contributed by atoms with Crippen molar-refractivity contribution in [3.05, 3.63) is 100 Å². The lowest BCUT2D eigenvalue weighted by Crippen LogP contribution is -2.60. The molecule has 0 radical (unpaired) electrons. The number of ether oxygens (including phenoxy) is 3. The van der Waals surface area contributed by atoms with Gasteiger partial charge in [0, 0.05) is 73.8 Å². The second-order valence-corrected chi connectivity index (χ2v) is 24.7. The lowest BCUT2D eigenvalue weighted by molar-refractivity contribution is -0.384. The Labute approximate surface area is 438 Å². The maximum Gasteiger partial charge on any atom is 0.293 e. The Bertz CT molecular complexity index is 3060. The molecular weight excluding hydrogens is 977 g/mol. The molecule has 0 bridgehead atoms. The molecule has 6 heterocycles. The number of aromatic nitrogens is 2. The number of amides is 1. The number of nitrogens with zero attached hydrogens (tertiary/aromatic N) is 5. The summed E-state index contributed by atoms with van der Waals surface area (Å²) in [7, 11) is -4.64. The topological polar surface area (TPSA) is 225 Å². The maximum atomic E-state index is 14.8. The molecule has 19 heteroatoms. The van der Waals surface area contributed by atoms with Crippen LogP contribution < -0.4 is 29.3 Å². The molecule has 75 heavy (non-hydrogen) atoms. The fourth-order valence-electron chi connectivity index (χ4n) is 12.9. The number of nitro benzene ring substituents is 1. The molecule has 5 fully saturated rings. The van der Waals surface area contributed by atoms with E-state index in [1.54, 1.807) is 12.3 Å². The SMILES string of the molecule is CC(C)Oc1ccccc1[C@@H]1CC[C@@](C)(O)CN1C1CC2(CCN(c3ccc(C(=O)NS(=O)(=O)c4ccc(NCC5CCC(C)(O)CC5)c([N+](=O)[O-])c4)c(N4c5cc6cc[nH]c6nc5O[C@H]5COCC[C@@H]54)c3)CC2)C1. The minimum atomic E-state index is -4.64. The van der Waals surface area contributed by atoms with Crippen molar-refractivity contribution in [3.63, 3.8) is 0 Å². The van der Waals surface area contributed by atoms with Gasteiger partial charge in [0.15, 0.2) is 0 Å². The van der Waals surface area contributed by atoms with Crippen LogP contribution in [0.2, 0.25) is 0 Å². The van der Waals surface area contributed by atoms with Crippen molar-refractivity contribution in [2.75, 3.05) is 54.5 Å². The van der Waals surface area contributed by atoms with E-state index in [9.17, 15) is 33.5 Å². The van der Waals surface area contributed by atoms with Gasteiger partial charge in [-0.3, -0.25) is 19.8 Å². The molecule has 4 aliphatic heterocycles. The van der Waals surface area contributed by atoms with Gasteiger partial charge < -0.3 is 44.5 Å². The van der Waals surface area contributed by atoms with Crippen LogP contribution >= 0.6 is 0 Å². The molecule has 5 N–H and O–H groups in total. The molecule has 2 aromatic heterocycles. The number of aliphatic hydroxyl groups is 2. The largest absolute Gasteiger partial charge is 0.491 e. The number of sulfonamides is 1. The Morgan fingerprint density at radius 1 is 0.947 bits per heavy atom. The van der Waals surface area contributed by atoms with Crippen molar-refractivity contribution in [3.8, 4) is 11.6 Å². The molecule has 1 spiro atoms. The number of hydrogen-bond acceptors (Lipinski definition) is 15. The highest BCUT2D eigenvalue weighted by Gasteiger charge is 2.52. The molecule has 0 unspecified atom stereocenters. The normalized spacial score (nSPS) is 27.0. The Balaban J connectivity index is 0.864. The zero-order chi connectivity index (χ0) is 52.4. The molecule has 2 aliphatic carbocycles. The molecule has 3 saturated heterocycles. The second kappa shape index (κ2) is 19.9. The van der Waals surface area contributed by atoms with E-state index >= 15 is 0 Å². The Hall–Kier alpha value is -5.99. The molecule has 6 aliphatic rings. The lowest BCUT2D eigenvalue weighted by atomic mass is 9.59. The predicted molar refractivity (Wildman–Crippen MR) is 286 cm³/mol. The fourth-order valence-corrected chi connectivity index (χ4v) is 13.9. The quantitative estimate of drug-likeness (QED) is 0.0549. The van der Waals surface area contributed by atoms with E-state index < -0.39 is 48.7 Å². The number of nitrogens with one attached hydrogen (secondary N) is 3. The standard InChI is InChI=1S/C56H70N8O10S/c1-35(2)73-49-8-6-5-7-41(49)44-15-20-55(4,67)34-62(44)39-30-56(31-39)21-24-61(25-22-56)38-9-11-42(46(28-38)63-45-17-26-72-33-50(45)74-53-48(63)27-37-16-23-57-51(37)59-53)52(65)60-75(70,71)40-10-12-43(47(29-40)64(68)69)58-32-36-13-18-54(3,66)19-14-36/h5-12,16,23,27-29,35-36,39,44-45,50,58,66-67H,13-15,17-22,24-26,30-34H2,1-4H3,(H,57,59)(H,60,65)/t36?,44-,45-,50-,54?,55+/m0/s1. The number of H-pyrrole nitrogens is 1. The number of anilines is 4. The number of benzene rings is 3. The minimum absolute atomic E-state index is 0.0452. The second-order valence-electron chi connectivity index (χ2n) is 23.1. The van der Waals surface area contributed by atoms with E-state index in [0.717, 1.165) is 87.3 Å². The van der Waals surface area contributed by atoms with Gasteiger partial charge in [0.25, 0.3) is 21.6 Å². The Morgan fingerprint density at radius 2 is 1.71 bits per heavy atom. The molecule has 1 amide bonds. The van der Waals surface area contributed by atoms with Crippen LogP contribution in [0.25, 0.3) is 11.0 Å². The number of nitro groups is 1. The Kier molecular flexibility index (Phi) is 13.5. The summed E-state index contributed by atoms with van der Waals surface area (Å²) in [4.78, 5) is 41.1. The first-order valence-electron chi connectivity index (χ1n) is 26.8. The smallest absolute Gasteiger partial charge is 0.293 e. The zero-order valence-electron chi connectivity index (χ0n) is 43.3. The van der Waals surface area contributed by atoms with Crippen molar-refractivity contribution in [2.45, 2.75) is 145 Å². The van der Waals surface area contributed by atoms with Crippen LogP contribution in [0.3, 0.4) is 0 Å². The summed E-state index contributed by atoms with van der Waals surface area (Å²) in [6.07, 6.45) is 10.3. The number of carbonyl (C=O) groups is 1. The van der Waals surface area contributed by atoms with Crippen molar-refractivity contribution in [1.29, 1.82) is 0 Å². The summed E-state index contributed by atoms with van der Waals surface area (Å²) in [5.41, 5.74) is 2.28. The third-order valence-electron chi connectivity index (χ3n) is 17.1. The first-order chi connectivity index (χ1) is 35.8. The van der Waals surface area contributed by atoms with Gasteiger partial charge in [0.2, 0.25) is 5.88 Å². The summed E-state index contributed by atoms with van der Waals surface area (Å²) >= 11 is 0. The number of carbonyl (C=O) groups excluding carboxylic acids is 1. The molecule has 18 nitrogen and oxygen atoms in total. The highest BCUT2D eigenvalue weighted by Crippen LogP contribution is 2.55.